The van der Waals surface area contributed by atoms with Gasteiger partial charge in [-0.3, -0.25) is 14.9 Å². The molecular weight excluding hydrogens is 336 g/mol. The van der Waals surface area contributed by atoms with Gasteiger partial charge in [0.1, 0.15) is 0 Å². The Kier molecular flexibility index (Phi) is 6.02. The van der Waals surface area contributed by atoms with E-state index in [9.17, 15) is 14.9 Å². The lowest BCUT2D eigenvalue weighted by molar-refractivity contribution is -0.384. The zero-order chi connectivity index (χ0) is 19.4. The highest BCUT2D eigenvalue weighted by Gasteiger charge is 2.22. The van der Waals surface area contributed by atoms with Crippen molar-refractivity contribution in [1.82, 2.24) is 4.57 Å². The van der Waals surface area contributed by atoms with E-state index >= 15 is 0 Å². The van der Waals surface area contributed by atoms with Gasteiger partial charge in [-0.25, -0.2) is 0 Å². The number of hydrogen-bond acceptors (Lipinski definition) is 5. The molecule has 2 aromatic rings. The highest BCUT2D eigenvalue weighted by Crippen LogP contribution is 2.36. The summed E-state index contributed by atoms with van der Waals surface area (Å²) in [5, 5.41) is 11.7. The van der Waals surface area contributed by atoms with Crippen molar-refractivity contribution in [3.63, 3.8) is 0 Å². The highest BCUT2D eigenvalue weighted by molar-refractivity contribution is 5.89. The summed E-state index contributed by atoms with van der Waals surface area (Å²) in [6.45, 7) is 9.62. The van der Waals surface area contributed by atoms with E-state index in [0.717, 1.165) is 0 Å². The highest BCUT2D eigenvalue weighted by atomic mass is 16.6. The molecule has 7 heteroatoms. The standard InChI is InChI=1S/C19H24N2O5/c1-6-14(7-2)26-17-15-10-9-13(21(23)24)11-16(15)20(8-3)19(22)18(17)25-12(4)5/h6,9-12H,7-8H2,1-5H3. The van der Waals surface area contributed by atoms with Crippen LogP contribution in [0.1, 0.15) is 41.0 Å². The van der Waals surface area contributed by atoms with Gasteiger partial charge < -0.3 is 14.0 Å². The van der Waals surface area contributed by atoms with Gasteiger partial charge in [0, 0.05) is 30.5 Å². The van der Waals surface area contributed by atoms with Crippen LogP contribution in [0.15, 0.2) is 34.8 Å². The monoisotopic (exact) mass is 360 g/mol. The number of nitro groups is 1. The van der Waals surface area contributed by atoms with E-state index < -0.39 is 4.92 Å². The Morgan fingerprint density at radius 1 is 1.31 bits per heavy atom. The van der Waals surface area contributed by atoms with Crippen molar-refractivity contribution in [2.45, 2.75) is 53.7 Å². The van der Waals surface area contributed by atoms with Crippen molar-refractivity contribution in [2.75, 3.05) is 0 Å². The maximum absolute atomic E-state index is 13.0. The van der Waals surface area contributed by atoms with Gasteiger partial charge in [0.2, 0.25) is 5.75 Å². The third kappa shape index (κ3) is 3.71. The van der Waals surface area contributed by atoms with Crippen LogP contribution in [-0.2, 0) is 6.54 Å². The van der Waals surface area contributed by atoms with Crippen LogP contribution < -0.4 is 15.0 Å². The summed E-state index contributed by atoms with van der Waals surface area (Å²) in [6, 6.07) is 4.40. The van der Waals surface area contributed by atoms with Crippen LogP contribution in [0.2, 0.25) is 0 Å². The third-order valence-electron chi connectivity index (χ3n) is 3.95. The van der Waals surface area contributed by atoms with Gasteiger partial charge in [0.15, 0.2) is 5.75 Å². The van der Waals surface area contributed by atoms with Crippen LogP contribution in [0.25, 0.3) is 10.9 Å². The summed E-state index contributed by atoms with van der Waals surface area (Å²) in [6.07, 6.45) is 2.24. The normalized spacial score (nSPS) is 11.8. The number of rotatable bonds is 7. The first-order valence-electron chi connectivity index (χ1n) is 8.68. The van der Waals surface area contributed by atoms with Gasteiger partial charge >= 0.3 is 0 Å². The van der Waals surface area contributed by atoms with E-state index in [4.69, 9.17) is 9.47 Å². The molecule has 140 valence electrons. The van der Waals surface area contributed by atoms with Crippen molar-refractivity contribution in [1.29, 1.82) is 0 Å². The molecule has 0 amide bonds. The molecule has 0 aliphatic rings. The first kappa shape index (κ1) is 19.5. The number of pyridine rings is 1. The summed E-state index contributed by atoms with van der Waals surface area (Å²) in [5.74, 6) is 1.11. The summed E-state index contributed by atoms with van der Waals surface area (Å²) in [5.41, 5.74) is 0.00411. The van der Waals surface area contributed by atoms with Crippen LogP contribution in [0.4, 0.5) is 5.69 Å². The number of hydrogen-bond donors (Lipinski definition) is 0. The van der Waals surface area contributed by atoms with Crippen LogP contribution in [0, 0.1) is 10.1 Å². The molecule has 0 aliphatic carbocycles. The molecular formula is C19H24N2O5. The van der Waals surface area contributed by atoms with Crippen LogP contribution in [0.5, 0.6) is 11.5 Å². The summed E-state index contributed by atoms with van der Waals surface area (Å²) in [7, 11) is 0. The second-order valence-corrected chi connectivity index (χ2v) is 6.04. The second-order valence-electron chi connectivity index (χ2n) is 6.04. The molecule has 0 unspecified atom stereocenters. The van der Waals surface area contributed by atoms with Gasteiger partial charge in [-0.05, 0) is 39.8 Å². The van der Waals surface area contributed by atoms with Crippen molar-refractivity contribution in [2.24, 2.45) is 0 Å². The number of nitro benzene ring substituents is 1. The molecule has 0 saturated heterocycles. The lowest BCUT2D eigenvalue weighted by Crippen LogP contribution is -2.25. The molecule has 1 aromatic heterocycles. The van der Waals surface area contributed by atoms with Crippen molar-refractivity contribution in [3.8, 4) is 11.5 Å². The number of fused-ring (bicyclic) bond motifs is 1. The summed E-state index contributed by atoms with van der Waals surface area (Å²) in [4.78, 5) is 23.6. The number of aromatic nitrogens is 1. The average molecular weight is 360 g/mol. The number of allylic oxidation sites excluding steroid dienone is 2. The average Bonchev–Trinajstić information content (AvgIpc) is 2.61. The minimum Gasteiger partial charge on any atom is -0.482 e. The number of non-ortho nitro benzene ring substituents is 1. The lowest BCUT2D eigenvalue weighted by atomic mass is 10.1. The second kappa shape index (κ2) is 8.03. The van der Waals surface area contributed by atoms with Gasteiger partial charge in [-0.15, -0.1) is 0 Å². The van der Waals surface area contributed by atoms with Crippen molar-refractivity contribution >= 4 is 16.6 Å². The van der Waals surface area contributed by atoms with Gasteiger partial charge in [0.05, 0.1) is 22.3 Å². The van der Waals surface area contributed by atoms with Crippen molar-refractivity contribution in [3.05, 3.63) is 50.5 Å². The van der Waals surface area contributed by atoms with E-state index in [-0.39, 0.29) is 23.1 Å². The fourth-order valence-electron chi connectivity index (χ4n) is 2.72. The molecule has 0 atom stereocenters. The molecule has 0 aliphatic heterocycles. The molecule has 0 spiro atoms. The Bertz CT molecular complexity index is 912. The first-order valence-corrected chi connectivity index (χ1v) is 8.68. The topological polar surface area (TPSA) is 83.6 Å². The zero-order valence-corrected chi connectivity index (χ0v) is 15.7. The van der Waals surface area contributed by atoms with E-state index in [2.05, 4.69) is 0 Å². The zero-order valence-electron chi connectivity index (χ0n) is 15.7. The largest absolute Gasteiger partial charge is 0.482 e. The lowest BCUT2D eigenvalue weighted by Gasteiger charge is -2.19. The van der Waals surface area contributed by atoms with Crippen LogP contribution >= 0.6 is 0 Å². The number of aryl methyl sites for hydroxylation is 1. The van der Waals surface area contributed by atoms with Crippen LogP contribution in [0.3, 0.4) is 0 Å². The minimum atomic E-state index is -0.480. The Morgan fingerprint density at radius 3 is 2.50 bits per heavy atom. The molecule has 0 radical (unpaired) electrons. The molecule has 7 nitrogen and oxygen atoms in total. The minimum absolute atomic E-state index is 0.0793. The number of ether oxygens (including phenoxy) is 2. The number of benzene rings is 1. The van der Waals surface area contributed by atoms with E-state index in [0.29, 0.717) is 35.4 Å². The smallest absolute Gasteiger partial charge is 0.297 e. The van der Waals surface area contributed by atoms with E-state index in [1.807, 2.05) is 40.7 Å². The Balaban J connectivity index is 2.90. The number of nitrogens with zero attached hydrogens (tertiary/aromatic N) is 2. The Labute approximate surface area is 152 Å². The predicted molar refractivity (Wildman–Crippen MR) is 101 cm³/mol. The predicted octanol–water partition coefficient (Wildman–Crippen LogP) is 4.41. The Hall–Kier alpha value is -2.83. The van der Waals surface area contributed by atoms with Crippen molar-refractivity contribution < 1.29 is 14.4 Å². The summed E-state index contributed by atoms with van der Waals surface area (Å²) >= 11 is 0. The molecule has 2 rings (SSSR count). The fraction of sp³-hybridized carbons (Fsp3) is 0.421. The van der Waals surface area contributed by atoms with Gasteiger partial charge in [-0.1, -0.05) is 6.92 Å². The Morgan fingerprint density at radius 2 is 2.00 bits per heavy atom. The SMILES string of the molecule is CC=C(CC)Oc1c(OC(C)C)c(=O)n(CC)c2cc([N+](=O)[O-])ccc12. The summed E-state index contributed by atoms with van der Waals surface area (Å²) < 4.78 is 13.2. The first-order chi connectivity index (χ1) is 12.3. The molecule has 26 heavy (non-hydrogen) atoms. The molecule has 1 aromatic carbocycles. The maximum atomic E-state index is 13.0. The molecule has 0 fully saturated rings. The van der Waals surface area contributed by atoms with Gasteiger partial charge in [0.25, 0.3) is 11.2 Å². The van der Waals surface area contributed by atoms with E-state index in [1.165, 1.54) is 16.7 Å². The quantitative estimate of drug-likeness (QED) is 0.415. The molecule has 1 heterocycles. The maximum Gasteiger partial charge on any atom is 0.297 e. The fourth-order valence-corrected chi connectivity index (χ4v) is 2.72. The molecule has 0 bridgehead atoms. The van der Waals surface area contributed by atoms with Crippen LogP contribution in [-0.4, -0.2) is 15.6 Å². The third-order valence-corrected chi connectivity index (χ3v) is 3.95. The molecule has 0 N–H and O–H groups in total. The van der Waals surface area contributed by atoms with Gasteiger partial charge in [-0.2, -0.15) is 0 Å². The molecule has 0 saturated carbocycles. The van der Waals surface area contributed by atoms with E-state index in [1.54, 1.807) is 6.07 Å².